The minimum Gasteiger partial charge on any atom is -0.394 e. The summed E-state index contributed by atoms with van der Waals surface area (Å²) in [6, 6.07) is -0.981. The van der Waals surface area contributed by atoms with Crippen LogP contribution in [0.3, 0.4) is 0 Å². The highest BCUT2D eigenvalue weighted by atomic mass is 16.8. The third-order valence-corrected chi connectivity index (χ3v) is 13.0. The van der Waals surface area contributed by atoms with Crippen molar-refractivity contribution in [2.45, 2.75) is 253 Å². The summed E-state index contributed by atoms with van der Waals surface area (Å²) in [6.45, 7) is 1.62. The first-order valence-corrected chi connectivity index (χ1v) is 25.6. The van der Waals surface area contributed by atoms with Crippen LogP contribution < -0.4 is 5.32 Å². The largest absolute Gasteiger partial charge is 0.394 e. The first kappa shape index (κ1) is 60.6. The Labute approximate surface area is 403 Å². The summed E-state index contributed by atoms with van der Waals surface area (Å²) in [5, 5.41) is 119. The number of ether oxygens (including phenoxy) is 6. The second kappa shape index (κ2) is 34.6. The zero-order chi connectivity index (χ0) is 49.8. The summed E-state index contributed by atoms with van der Waals surface area (Å²) in [5.74, 6) is -0.292. The number of amides is 1. The smallest absolute Gasteiger partial charge is 0.220 e. The minimum absolute atomic E-state index is 0.237. The van der Waals surface area contributed by atoms with Gasteiger partial charge in [-0.2, -0.15) is 0 Å². The highest BCUT2D eigenvalue weighted by Gasteiger charge is 2.53. The molecule has 0 aromatic heterocycles. The molecule has 3 aliphatic rings. The van der Waals surface area contributed by atoms with E-state index in [-0.39, 0.29) is 18.9 Å². The van der Waals surface area contributed by atoms with Crippen molar-refractivity contribution < 1.29 is 89.4 Å². The van der Waals surface area contributed by atoms with Crippen molar-refractivity contribution in [3.05, 3.63) is 24.3 Å². The van der Waals surface area contributed by atoms with E-state index in [1.807, 2.05) is 6.08 Å². The summed E-state index contributed by atoms with van der Waals surface area (Å²) in [4.78, 5) is 13.1. The van der Waals surface area contributed by atoms with Crippen LogP contribution in [-0.2, 0) is 33.2 Å². The third kappa shape index (κ3) is 20.4. The number of rotatable bonds is 35. The molecule has 12 N–H and O–H groups in total. The van der Waals surface area contributed by atoms with Crippen LogP contribution in [0.2, 0.25) is 0 Å². The molecule has 19 nitrogen and oxygen atoms in total. The molecule has 0 bridgehead atoms. The van der Waals surface area contributed by atoms with Crippen molar-refractivity contribution in [2.24, 2.45) is 0 Å². The Kier molecular flexibility index (Phi) is 30.8. The van der Waals surface area contributed by atoms with Crippen LogP contribution in [0.5, 0.6) is 0 Å². The van der Waals surface area contributed by atoms with Crippen LogP contribution in [0, 0.1) is 0 Å². The first-order valence-electron chi connectivity index (χ1n) is 25.6. The number of carbonyl (C=O) groups excluding carboxylic acids is 1. The fourth-order valence-electron chi connectivity index (χ4n) is 8.67. The number of carbonyl (C=O) groups is 1. The molecule has 0 aromatic rings. The molecule has 17 atom stereocenters. The summed E-state index contributed by atoms with van der Waals surface area (Å²) in [6.07, 6.45) is 3.43. The predicted octanol–water partition coefficient (Wildman–Crippen LogP) is 1.64. The van der Waals surface area contributed by atoms with Crippen molar-refractivity contribution >= 4 is 5.91 Å². The molecule has 19 heteroatoms. The van der Waals surface area contributed by atoms with Crippen LogP contribution in [0.4, 0.5) is 0 Å². The first-order chi connectivity index (χ1) is 32.8. The normalized spacial score (nSPS) is 33.3. The lowest BCUT2D eigenvalue weighted by Crippen LogP contribution is -2.66. The lowest BCUT2D eigenvalue weighted by molar-refractivity contribution is -0.379. The highest BCUT2D eigenvalue weighted by molar-refractivity contribution is 5.76. The number of hydrogen-bond acceptors (Lipinski definition) is 18. The average Bonchev–Trinajstić information content (AvgIpc) is 3.33. The Balaban J connectivity index is 1.58. The van der Waals surface area contributed by atoms with Gasteiger partial charge < -0.3 is 89.9 Å². The van der Waals surface area contributed by atoms with E-state index >= 15 is 0 Å². The van der Waals surface area contributed by atoms with Gasteiger partial charge in [-0.25, -0.2) is 0 Å². The van der Waals surface area contributed by atoms with Gasteiger partial charge in [0.2, 0.25) is 5.91 Å². The number of unbranched alkanes of at least 4 members (excludes halogenated alkanes) is 17. The van der Waals surface area contributed by atoms with Crippen LogP contribution in [0.1, 0.15) is 149 Å². The fourth-order valence-corrected chi connectivity index (χ4v) is 8.67. The molecule has 0 aliphatic carbocycles. The van der Waals surface area contributed by atoms with Crippen molar-refractivity contribution in [3.63, 3.8) is 0 Å². The van der Waals surface area contributed by atoms with Gasteiger partial charge in [0.15, 0.2) is 18.9 Å². The SMILES string of the molecule is CCCCCCCCCC/C=C/CC/C=C/C(O)C(COC1OC(CO)C(OC2OC(CO)C(OC3OC(CO)C(O)C(O)C3O)C(O)C2O)C(O)C1O)NC(=O)CCCCCCCCCCC. The molecule has 17 unspecified atom stereocenters. The number of aliphatic hydroxyl groups is 11. The van der Waals surface area contributed by atoms with E-state index in [2.05, 4.69) is 31.3 Å². The van der Waals surface area contributed by atoms with Crippen LogP contribution in [0.15, 0.2) is 24.3 Å². The monoisotopic (exact) mass is 980 g/mol. The van der Waals surface area contributed by atoms with Gasteiger partial charge in [-0.05, 0) is 32.1 Å². The summed E-state index contributed by atoms with van der Waals surface area (Å²) in [7, 11) is 0. The molecular weight excluding hydrogens is 891 g/mol. The Morgan fingerprint density at radius 1 is 0.515 bits per heavy atom. The standard InChI is InChI=1S/C49H89NO18/c1-3-5-7-9-11-13-14-15-16-17-19-20-22-24-26-33(54)32(50-37(55)27-25-23-21-18-12-10-8-6-4-2)31-63-47-43(61)40(58)45(35(29-52)65-47)68-49-44(62)41(59)46(36(30-53)66-49)67-48-42(60)39(57)38(56)34(28-51)64-48/h17,19,24,26,32-36,38-49,51-54,56-62H,3-16,18,20-23,25,27-31H2,1-2H3,(H,50,55)/b19-17+,26-24+. The molecule has 3 saturated heterocycles. The van der Waals surface area contributed by atoms with E-state index < -0.39 is 124 Å². The van der Waals surface area contributed by atoms with Gasteiger partial charge in [-0.1, -0.05) is 134 Å². The topological polar surface area (TPSA) is 307 Å². The Morgan fingerprint density at radius 2 is 0.941 bits per heavy atom. The quantitative estimate of drug-likeness (QED) is 0.0317. The van der Waals surface area contributed by atoms with Crippen LogP contribution in [-0.4, -0.2) is 193 Å². The zero-order valence-electron chi connectivity index (χ0n) is 40.6. The second-order valence-electron chi connectivity index (χ2n) is 18.6. The Bertz CT molecular complexity index is 1360. The van der Waals surface area contributed by atoms with Gasteiger partial charge >= 0.3 is 0 Å². The molecule has 1 amide bonds. The van der Waals surface area contributed by atoms with Gasteiger partial charge in [0.1, 0.15) is 73.2 Å². The number of aliphatic hydroxyl groups excluding tert-OH is 11. The van der Waals surface area contributed by atoms with Gasteiger partial charge in [0.25, 0.3) is 0 Å². The molecule has 3 fully saturated rings. The van der Waals surface area contributed by atoms with E-state index in [1.54, 1.807) is 6.08 Å². The molecule has 0 radical (unpaired) electrons. The maximum absolute atomic E-state index is 13.1. The van der Waals surface area contributed by atoms with Crippen molar-refractivity contribution in [1.82, 2.24) is 5.32 Å². The van der Waals surface area contributed by atoms with Crippen molar-refractivity contribution in [3.8, 4) is 0 Å². The van der Waals surface area contributed by atoms with E-state index in [9.17, 15) is 61.0 Å². The lowest BCUT2D eigenvalue weighted by atomic mass is 9.96. The van der Waals surface area contributed by atoms with Gasteiger partial charge in [-0.15, -0.1) is 0 Å². The molecule has 0 aromatic carbocycles. The molecule has 3 heterocycles. The van der Waals surface area contributed by atoms with Crippen LogP contribution >= 0.6 is 0 Å². The molecule has 0 spiro atoms. The minimum atomic E-state index is -1.98. The molecule has 68 heavy (non-hydrogen) atoms. The molecule has 398 valence electrons. The second-order valence-corrected chi connectivity index (χ2v) is 18.6. The van der Waals surface area contributed by atoms with Crippen LogP contribution in [0.25, 0.3) is 0 Å². The zero-order valence-corrected chi connectivity index (χ0v) is 40.6. The number of allylic oxidation sites excluding steroid dienone is 3. The summed E-state index contributed by atoms with van der Waals surface area (Å²) < 4.78 is 34.0. The fraction of sp³-hybridized carbons (Fsp3) is 0.898. The molecule has 0 saturated carbocycles. The van der Waals surface area contributed by atoms with E-state index in [1.165, 1.54) is 77.0 Å². The lowest BCUT2D eigenvalue weighted by Gasteiger charge is -2.48. The summed E-state index contributed by atoms with van der Waals surface area (Å²) in [5.41, 5.74) is 0. The van der Waals surface area contributed by atoms with E-state index in [0.29, 0.717) is 12.8 Å². The van der Waals surface area contributed by atoms with Gasteiger partial charge in [-0.3, -0.25) is 4.79 Å². The molecule has 3 aliphatic heterocycles. The maximum atomic E-state index is 13.1. The van der Waals surface area contributed by atoms with Gasteiger partial charge in [0, 0.05) is 6.42 Å². The van der Waals surface area contributed by atoms with E-state index in [0.717, 1.165) is 38.5 Å². The average molecular weight is 980 g/mol. The summed E-state index contributed by atoms with van der Waals surface area (Å²) >= 11 is 0. The maximum Gasteiger partial charge on any atom is 0.220 e. The molecule has 3 rings (SSSR count). The van der Waals surface area contributed by atoms with E-state index in [4.69, 9.17) is 28.4 Å². The predicted molar refractivity (Wildman–Crippen MR) is 250 cm³/mol. The van der Waals surface area contributed by atoms with Crippen molar-refractivity contribution in [1.29, 1.82) is 0 Å². The number of nitrogens with one attached hydrogen (secondary N) is 1. The molecular formula is C49H89NO18. The Hall–Kier alpha value is -1.73. The Morgan fingerprint density at radius 3 is 1.47 bits per heavy atom. The number of hydrogen-bond donors (Lipinski definition) is 12. The van der Waals surface area contributed by atoms with Crippen molar-refractivity contribution in [2.75, 3.05) is 26.4 Å². The van der Waals surface area contributed by atoms with Gasteiger partial charge in [0.05, 0.1) is 38.6 Å². The third-order valence-electron chi connectivity index (χ3n) is 13.0. The highest BCUT2D eigenvalue weighted by Crippen LogP contribution is 2.33.